The van der Waals surface area contributed by atoms with Gasteiger partial charge in [-0.3, -0.25) is 29.9 Å². The number of nitro benzene ring substituents is 2. The molecule has 0 radical (unpaired) electrons. The third kappa shape index (κ3) is 4.27. The smallest absolute Gasteiger partial charge is 0.321 e. The van der Waals surface area contributed by atoms with Gasteiger partial charge in [0.1, 0.15) is 0 Å². The second-order valence-electron chi connectivity index (χ2n) is 5.05. The molecular formula is C12H14N6O7. The van der Waals surface area contributed by atoms with Crippen LogP contribution in [-0.4, -0.2) is 56.8 Å². The first-order valence-corrected chi connectivity index (χ1v) is 7.08. The quantitative estimate of drug-likeness (QED) is 0.325. The highest BCUT2D eigenvalue weighted by Crippen LogP contribution is 2.31. The number of nitro groups is 2. The van der Waals surface area contributed by atoms with E-state index in [1.54, 1.807) is 4.90 Å². The second kappa shape index (κ2) is 7.37. The number of hydrazine groups is 1. The highest BCUT2D eigenvalue weighted by atomic mass is 16.7. The van der Waals surface area contributed by atoms with Gasteiger partial charge in [0.2, 0.25) is 16.9 Å². The predicted molar refractivity (Wildman–Crippen MR) is 80.3 cm³/mol. The fourth-order valence-corrected chi connectivity index (χ4v) is 2.15. The van der Waals surface area contributed by atoms with Gasteiger partial charge in [0, 0.05) is 26.1 Å². The van der Waals surface area contributed by atoms with Crippen LogP contribution in [0.3, 0.4) is 0 Å². The molecule has 0 saturated carbocycles. The minimum Gasteiger partial charge on any atom is -0.569 e. The maximum atomic E-state index is 11.9. The molecule has 1 aliphatic heterocycles. The van der Waals surface area contributed by atoms with Crippen molar-refractivity contribution in [1.29, 1.82) is 0 Å². The summed E-state index contributed by atoms with van der Waals surface area (Å²) < 4.78 is 0. The summed E-state index contributed by atoms with van der Waals surface area (Å²) in [5, 5.41) is 38.0. The third-order valence-corrected chi connectivity index (χ3v) is 3.50. The number of rotatable bonds is 5. The van der Waals surface area contributed by atoms with Crippen LogP contribution in [0, 0.1) is 25.4 Å². The summed E-state index contributed by atoms with van der Waals surface area (Å²) in [5.41, 5.74) is -1.17. The van der Waals surface area contributed by atoms with E-state index in [0.717, 1.165) is 12.1 Å². The van der Waals surface area contributed by atoms with Crippen LogP contribution in [0.25, 0.3) is 0 Å². The molecule has 1 saturated heterocycles. The van der Waals surface area contributed by atoms with Gasteiger partial charge in [0.05, 0.1) is 34.0 Å². The molecule has 1 heterocycles. The van der Waals surface area contributed by atoms with Gasteiger partial charge in [0.25, 0.3) is 5.69 Å². The van der Waals surface area contributed by atoms with Crippen molar-refractivity contribution in [2.75, 3.05) is 26.2 Å². The molecule has 13 nitrogen and oxygen atoms in total. The maximum absolute atomic E-state index is 11.9. The molecule has 1 aliphatic rings. The number of benzene rings is 1. The fourth-order valence-electron chi connectivity index (χ4n) is 2.15. The summed E-state index contributed by atoms with van der Waals surface area (Å²) in [5.74, 6) is -0.509. The molecule has 1 aromatic carbocycles. The molecule has 1 fully saturated rings. The lowest BCUT2D eigenvalue weighted by Gasteiger charge is -2.30. The van der Waals surface area contributed by atoms with E-state index in [1.165, 1.54) is 11.9 Å². The topological polar surface area (TPSA) is 157 Å². The van der Waals surface area contributed by atoms with Crippen molar-refractivity contribution < 1.29 is 24.4 Å². The van der Waals surface area contributed by atoms with Crippen molar-refractivity contribution >= 4 is 17.3 Å². The van der Waals surface area contributed by atoms with E-state index in [0.29, 0.717) is 19.2 Å². The van der Waals surface area contributed by atoms with Crippen LogP contribution in [0.2, 0.25) is 0 Å². The first-order valence-electron chi connectivity index (χ1n) is 7.08. The summed E-state index contributed by atoms with van der Waals surface area (Å²) in [7, 11) is 0. The van der Waals surface area contributed by atoms with Crippen LogP contribution in [-0.2, 0) is 4.79 Å². The van der Waals surface area contributed by atoms with Crippen LogP contribution >= 0.6 is 0 Å². The number of hydrogen-bond donors (Lipinski definition) is 0. The lowest BCUT2D eigenvalue weighted by atomic mass is 10.2. The van der Waals surface area contributed by atoms with Gasteiger partial charge in [-0.05, 0) is 6.07 Å². The van der Waals surface area contributed by atoms with E-state index in [1.807, 2.05) is 0 Å². The van der Waals surface area contributed by atoms with E-state index in [2.05, 4.69) is 5.28 Å². The zero-order valence-corrected chi connectivity index (χ0v) is 13.1. The van der Waals surface area contributed by atoms with Crippen LogP contribution in [0.5, 0.6) is 5.75 Å². The first-order chi connectivity index (χ1) is 11.8. The predicted octanol–water partition coefficient (Wildman–Crippen LogP) is 0.838. The van der Waals surface area contributed by atoms with Gasteiger partial charge >= 0.3 is 5.69 Å². The summed E-state index contributed by atoms with van der Waals surface area (Å²) in [6.45, 7) is 2.53. The Morgan fingerprint density at radius 3 is 2.28 bits per heavy atom. The van der Waals surface area contributed by atoms with Gasteiger partial charge < -0.3 is 10.1 Å². The van der Waals surface area contributed by atoms with E-state index < -0.39 is 27.0 Å². The Morgan fingerprint density at radius 2 is 1.76 bits per heavy atom. The van der Waals surface area contributed by atoms with Gasteiger partial charge in [-0.25, -0.2) is 0 Å². The molecule has 1 amide bonds. The lowest BCUT2D eigenvalue weighted by Crippen LogP contribution is -2.50. The van der Waals surface area contributed by atoms with Gasteiger partial charge in [-0.2, -0.15) is 0 Å². The number of carbonyl (C=O) groups is 1. The standard InChI is InChI=1S/C12H14N6O7/c1-9(19)14-4-6-15(7-5-14)18(24)13-25-12-3-2-10(16(20)21)8-11(12)17(22)23/h2-3,8H,4-7H2,1H3/b18-13+. The lowest BCUT2D eigenvalue weighted by molar-refractivity contribution is -0.708. The molecule has 0 aliphatic carbocycles. The molecule has 134 valence electrons. The van der Waals surface area contributed by atoms with E-state index in [4.69, 9.17) is 4.84 Å². The minimum absolute atomic E-state index is 0.105. The molecule has 2 rings (SSSR count). The van der Waals surface area contributed by atoms with Gasteiger partial charge in [0.15, 0.2) is 0 Å². The van der Waals surface area contributed by atoms with E-state index in [9.17, 15) is 30.2 Å². The Morgan fingerprint density at radius 1 is 1.12 bits per heavy atom. The third-order valence-electron chi connectivity index (χ3n) is 3.50. The maximum Gasteiger partial charge on any atom is 0.321 e. The highest BCUT2D eigenvalue weighted by molar-refractivity contribution is 5.73. The molecule has 0 unspecified atom stereocenters. The van der Waals surface area contributed by atoms with Crippen LogP contribution in [0.1, 0.15) is 6.92 Å². The molecule has 0 aromatic heterocycles. The van der Waals surface area contributed by atoms with Crippen molar-refractivity contribution in [3.05, 3.63) is 43.6 Å². The van der Waals surface area contributed by atoms with Crippen LogP contribution in [0.4, 0.5) is 11.4 Å². The summed E-state index contributed by atoms with van der Waals surface area (Å²) in [6, 6.07) is 2.70. The average molecular weight is 354 g/mol. The number of piperazine rings is 1. The minimum atomic E-state index is -0.876. The summed E-state index contributed by atoms with van der Waals surface area (Å²) >= 11 is 0. The molecule has 25 heavy (non-hydrogen) atoms. The SMILES string of the molecule is CC(=O)N1CCN(/[N+]([O-])=N\Oc2ccc([N+](=O)[O-])cc2[N+](=O)[O-])CC1. The largest absolute Gasteiger partial charge is 0.569 e. The second-order valence-corrected chi connectivity index (χ2v) is 5.05. The average Bonchev–Trinajstić information content (AvgIpc) is 2.59. The first kappa shape index (κ1) is 17.8. The van der Waals surface area contributed by atoms with Crippen molar-refractivity contribution in [3.8, 4) is 5.75 Å². The summed E-state index contributed by atoms with van der Waals surface area (Å²) in [4.78, 5) is 37.6. The normalized spacial score (nSPS) is 15.0. The van der Waals surface area contributed by atoms with Crippen molar-refractivity contribution in [3.63, 3.8) is 0 Å². The van der Waals surface area contributed by atoms with Gasteiger partial charge in [-0.1, -0.05) is 0 Å². The number of carbonyl (C=O) groups excluding carboxylic acids is 1. The van der Waals surface area contributed by atoms with Crippen molar-refractivity contribution in [1.82, 2.24) is 9.91 Å². The number of hydrogen-bond acceptors (Lipinski definition) is 8. The molecule has 0 spiro atoms. The Balaban J connectivity index is 2.09. The Hall–Kier alpha value is -3.51. The Labute approximate surface area is 140 Å². The molecule has 1 aromatic rings. The zero-order valence-electron chi connectivity index (χ0n) is 13.1. The molecule has 0 N–H and O–H groups in total. The van der Waals surface area contributed by atoms with E-state index >= 15 is 0 Å². The van der Waals surface area contributed by atoms with Gasteiger partial charge in [-0.15, -0.1) is 5.01 Å². The van der Waals surface area contributed by atoms with Crippen molar-refractivity contribution in [2.24, 2.45) is 5.28 Å². The highest BCUT2D eigenvalue weighted by Gasteiger charge is 2.25. The van der Waals surface area contributed by atoms with Crippen LogP contribution in [0.15, 0.2) is 23.5 Å². The number of non-ortho nitro benzene ring substituents is 1. The molecule has 0 atom stereocenters. The number of nitrogens with zero attached hydrogens (tertiary/aromatic N) is 6. The Kier molecular flexibility index (Phi) is 5.26. The monoisotopic (exact) mass is 354 g/mol. The Bertz CT molecular complexity index is 729. The zero-order chi connectivity index (χ0) is 18.6. The fraction of sp³-hybridized carbons (Fsp3) is 0.417. The molecule has 0 bridgehead atoms. The van der Waals surface area contributed by atoms with E-state index in [-0.39, 0.29) is 24.0 Å². The molecule has 13 heteroatoms. The van der Waals surface area contributed by atoms with Crippen molar-refractivity contribution in [2.45, 2.75) is 6.92 Å². The molecular weight excluding hydrogens is 340 g/mol. The summed E-state index contributed by atoms with van der Waals surface area (Å²) in [6.07, 6.45) is 0. The van der Waals surface area contributed by atoms with Crippen LogP contribution < -0.4 is 4.84 Å². The number of amides is 1.